The van der Waals surface area contributed by atoms with Crippen molar-refractivity contribution < 1.29 is 29.3 Å². The van der Waals surface area contributed by atoms with Crippen LogP contribution in [-0.4, -0.2) is 71.1 Å². The van der Waals surface area contributed by atoms with Crippen LogP contribution in [0.15, 0.2) is 22.7 Å². The fourth-order valence-corrected chi connectivity index (χ4v) is 3.29. The van der Waals surface area contributed by atoms with Crippen LogP contribution in [-0.2, 0) is 20.9 Å². The maximum absolute atomic E-state index is 12.1. The Bertz CT molecular complexity index is 675. The molecule has 0 saturated carbocycles. The van der Waals surface area contributed by atoms with Crippen molar-refractivity contribution in [3.8, 4) is 5.75 Å². The highest BCUT2D eigenvalue weighted by atomic mass is 79.9. The van der Waals surface area contributed by atoms with Gasteiger partial charge >= 0.3 is 11.9 Å². The number of aliphatic carboxylic acids is 2. The van der Waals surface area contributed by atoms with Crippen molar-refractivity contribution >= 4 is 33.8 Å². The molecule has 1 fully saturated rings. The van der Waals surface area contributed by atoms with Crippen LogP contribution in [0.5, 0.6) is 5.75 Å². The number of benzene rings is 1. The molecule has 2 N–H and O–H groups in total. The molecule has 1 aromatic rings. The highest BCUT2D eigenvalue weighted by molar-refractivity contribution is 9.10. The number of carbonyl (C=O) groups excluding carboxylic acids is 1. The average Bonchev–Trinajstić information content (AvgIpc) is 2.62. The predicted octanol–water partition coefficient (Wildman–Crippen LogP) is 2.30. The highest BCUT2D eigenvalue weighted by Crippen LogP contribution is 2.26. The van der Waals surface area contributed by atoms with Gasteiger partial charge in [-0.3, -0.25) is 9.69 Å². The minimum Gasteiger partial charge on any atom is -0.496 e. The molecule has 1 saturated heterocycles. The summed E-state index contributed by atoms with van der Waals surface area (Å²) in [7, 11) is 1.67. The first kappa shape index (κ1) is 23.9. The Morgan fingerprint density at radius 3 is 2.11 bits per heavy atom. The van der Waals surface area contributed by atoms with Gasteiger partial charge in [-0.1, -0.05) is 19.9 Å². The molecular weight excluding hydrogens is 432 g/mol. The number of halogens is 1. The van der Waals surface area contributed by atoms with Crippen molar-refractivity contribution in [1.82, 2.24) is 9.80 Å². The summed E-state index contributed by atoms with van der Waals surface area (Å²) in [5, 5.41) is 14.8. The van der Waals surface area contributed by atoms with E-state index in [9.17, 15) is 4.79 Å². The van der Waals surface area contributed by atoms with E-state index in [1.165, 1.54) is 5.56 Å². The topological polar surface area (TPSA) is 107 Å². The van der Waals surface area contributed by atoms with Crippen molar-refractivity contribution in [2.45, 2.75) is 26.8 Å². The molecule has 156 valence electrons. The largest absolute Gasteiger partial charge is 0.496 e. The van der Waals surface area contributed by atoms with E-state index in [0.717, 1.165) is 42.9 Å². The zero-order valence-electron chi connectivity index (χ0n) is 16.4. The first-order chi connectivity index (χ1) is 13.1. The number of methoxy groups -OCH3 is 1. The molecular formula is C19H27BrN2O6. The quantitative estimate of drug-likeness (QED) is 0.651. The number of nitrogens with zero attached hydrogens (tertiary/aromatic N) is 2. The van der Waals surface area contributed by atoms with E-state index in [4.69, 9.17) is 24.5 Å². The highest BCUT2D eigenvalue weighted by Gasteiger charge is 2.21. The van der Waals surface area contributed by atoms with Crippen LogP contribution in [0.4, 0.5) is 0 Å². The Balaban J connectivity index is 0.000000568. The fraction of sp³-hybridized carbons (Fsp3) is 0.526. The van der Waals surface area contributed by atoms with Crippen LogP contribution in [0, 0.1) is 5.92 Å². The molecule has 0 bridgehead atoms. The zero-order valence-corrected chi connectivity index (χ0v) is 17.9. The molecule has 28 heavy (non-hydrogen) atoms. The molecule has 1 aliphatic rings. The van der Waals surface area contributed by atoms with Gasteiger partial charge in [0.2, 0.25) is 5.91 Å². The standard InChI is InChI=1S/C17H25BrN2O2.C2H2O4/c1-13(2)10-17(21)20-8-6-19(7-9-20)12-14-4-5-16(22-3)15(18)11-14;3-1(4)2(5)6/h4-5,11,13H,6-10,12H2,1-3H3;(H,3,4)(H,5,6). The molecule has 0 aliphatic carbocycles. The maximum atomic E-state index is 12.1. The SMILES string of the molecule is COc1ccc(CN2CCN(C(=O)CC(C)C)CC2)cc1Br.O=C(O)C(=O)O. The molecule has 0 atom stereocenters. The van der Waals surface area contributed by atoms with Crippen LogP contribution >= 0.6 is 15.9 Å². The molecule has 1 aromatic carbocycles. The zero-order chi connectivity index (χ0) is 21.3. The van der Waals surface area contributed by atoms with Gasteiger partial charge in [0.25, 0.3) is 0 Å². The molecule has 2 rings (SSSR count). The fourth-order valence-electron chi connectivity index (χ4n) is 2.70. The van der Waals surface area contributed by atoms with Crippen molar-refractivity contribution in [2.75, 3.05) is 33.3 Å². The normalized spacial score (nSPS) is 14.2. The summed E-state index contributed by atoms with van der Waals surface area (Å²) in [4.78, 5) is 34.7. The molecule has 1 heterocycles. The Morgan fingerprint density at radius 1 is 1.11 bits per heavy atom. The minimum absolute atomic E-state index is 0.293. The summed E-state index contributed by atoms with van der Waals surface area (Å²) in [5.74, 6) is -2.07. The molecule has 0 aromatic heterocycles. The Kier molecular flexibility index (Phi) is 9.95. The van der Waals surface area contributed by atoms with Crippen LogP contribution in [0.2, 0.25) is 0 Å². The van der Waals surface area contributed by atoms with Gasteiger partial charge in [-0.05, 0) is 39.5 Å². The van der Waals surface area contributed by atoms with Crippen LogP contribution in [0.3, 0.4) is 0 Å². The van der Waals surface area contributed by atoms with Crippen LogP contribution in [0.25, 0.3) is 0 Å². The lowest BCUT2D eigenvalue weighted by Gasteiger charge is -2.35. The Hall–Kier alpha value is -2.13. The molecule has 1 aliphatic heterocycles. The van der Waals surface area contributed by atoms with E-state index in [1.807, 2.05) is 11.0 Å². The molecule has 1 amide bonds. The van der Waals surface area contributed by atoms with Gasteiger partial charge in [0.15, 0.2) is 0 Å². The molecule has 9 heteroatoms. The predicted molar refractivity (Wildman–Crippen MR) is 107 cm³/mol. The maximum Gasteiger partial charge on any atom is 0.414 e. The van der Waals surface area contributed by atoms with E-state index in [1.54, 1.807) is 7.11 Å². The number of ether oxygens (including phenoxy) is 1. The van der Waals surface area contributed by atoms with Gasteiger partial charge in [0.05, 0.1) is 11.6 Å². The van der Waals surface area contributed by atoms with E-state index in [-0.39, 0.29) is 0 Å². The van der Waals surface area contributed by atoms with Crippen molar-refractivity contribution in [3.63, 3.8) is 0 Å². The molecule has 0 unspecified atom stereocenters. The van der Waals surface area contributed by atoms with E-state index >= 15 is 0 Å². The molecule has 0 spiro atoms. The third-order valence-corrected chi connectivity index (χ3v) is 4.73. The Morgan fingerprint density at radius 2 is 1.68 bits per heavy atom. The van der Waals surface area contributed by atoms with Gasteiger partial charge in [0.1, 0.15) is 5.75 Å². The number of hydrogen-bond donors (Lipinski definition) is 2. The lowest BCUT2D eigenvalue weighted by Crippen LogP contribution is -2.48. The van der Waals surface area contributed by atoms with Crippen molar-refractivity contribution in [3.05, 3.63) is 28.2 Å². The summed E-state index contributed by atoms with van der Waals surface area (Å²) in [6.07, 6.45) is 0.658. The van der Waals surface area contributed by atoms with E-state index in [0.29, 0.717) is 18.2 Å². The van der Waals surface area contributed by atoms with E-state index in [2.05, 4.69) is 46.8 Å². The Labute approximate surface area is 173 Å². The van der Waals surface area contributed by atoms with E-state index < -0.39 is 11.9 Å². The van der Waals surface area contributed by atoms with Gasteiger partial charge in [0, 0.05) is 39.1 Å². The van der Waals surface area contributed by atoms with Gasteiger partial charge < -0.3 is 19.8 Å². The number of carboxylic acids is 2. The smallest absolute Gasteiger partial charge is 0.414 e. The van der Waals surface area contributed by atoms with Gasteiger partial charge in [-0.2, -0.15) is 0 Å². The number of piperazine rings is 1. The second-order valence-electron chi connectivity index (χ2n) is 6.83. The molecule has 8 nitrogen and oxygen atoms in total. The summed E-state index contributed by atoms with van der Waals surface area (Å²) < 4.78 is 6.24. The van der Waals surface area contributed by atoms with Crippen LogP contribution in [0.1, 0.15) is 25.8 Å². The van der Waals surface area contributed by atoms with Crippen molar-refractivity contribution in [1.29, 1.82) is 0 Å². The van der Waals surface area contributed by atoms with Gasteiger partial charge in [-0.25, -0.2) is 9.59 Å². The number of amides is 1. The first-order valence-electron chi connectivity index (χ1n) is 8.92. The first-order valence-corrected chi connectivity index (χ1v) is 9.72. The van der Waals surface area contributed by atoms with Gasteiger partial charge in [-0.15, -0.1) is 0 Å². The number of rotatable bonds is 5. The summed E-state index contributed by atoms with van der Waals surface area (Å²) in [6, 6.07) is 6.19. The van der Waals surface area contributed by atoms with Crippen LogP contribution < -0.4 is 4.74 Å². The number of hydrogen-bond acceptors (Lipinski definition) is 5. The lowest BCUT2D eigenvalue weighted by atomic mass is 10.1. The average molecular weight is 459 g/mol. The van der Waals surface area contributed by atoms with Crippen molar-refractivity contribution in [2.24, 2.45) is 5.92 Å². The summed E-state index contributed by atoms with van der Waals surface area (Å²) >= 11 is 3.53. The second kappa shape index (κ2) is 11.7. The lowest BCUT2D eigenvalue weighted by molar-refractivity contribution is -0.159. The number of carbonyl (C=O) groups is 3. The second-order valence-corrected chi connectivity index (χ2v) is 7.69. The minimum atomic E-state index is -1.82. The third kappa shape index (κ3) is 8.26. The molecule has 0 radical (unpaired) electrons. The third-order valence-electron chi connectivity index (χ3n) is 4.11. The summed E-state index contributed by atoms with van der Waals surface area (Å²) in [6.45, 7) is 8.65. The monoisotopic (exact) mass is 458 g/mol. The summed E-state index contributed by atoms with van der Waals surface area (Å²) in [5.41, 5.74) is 1.26. The number of carboxylic acid groups (broad SMARTS) is 2.